The highest BCUT2D eigenvalue weighted by Crippen LogP contribution is 2.20. The molecule has 1 rings (SSSR count). The summed E-state index contributed by atoms with van der Waals surface area (Å²) in [5.74, 6) is -0.240. The van der Waals surface area contributed by atoms with Crippen molar-refractivity contribution in [3.63, 3.8) is 0 Å². The number of nitrogens with one attached hydrogen (secondary N) is 1. The molecule has 0 radical (unpaired) electrons. The lowest BCUT2D eigenvalue weighted by atomic mass is 9.98. The molecule has 0 bridgehead atoms. The quantitative estimate of drug-likeness (QED) is 0.788. The second kappa shape index (κ2) is 8.82. The van der Waals surface area contributed by atoms with Gasteiger partial charge >= 0.3 is 12.0 Å². The highest BCUT2D eigenvalue weighted by Gasteiger charge is 2.24. The van der Waals surface area contributed by atoms with Crippen molar-refractivity contribution in [2.45, 2.75) is 64.8 Å². The van der Waals surface area contributed by atoms with Crippen molar-refractivity contribution in [1.29, 1.82) is 0 Å². The molecule has 1 aliphatic rings. The van der Waals surface area contributed by atoms with Crippen LogP contribution in [0.25, 0.3) is 0 Å². The second-order valence-electron chi connectivity index (χ2n) is 5.67. The van der Waals surface area contributed by atoms with E-state index < -0.39 is 12.0 Å². The average Bonchev–Trinajstić information content (AvgIpc) is 2.68. The van der Waals surface area contributed by atoms with Gasteiger partial charge in [0.15, 0.2) is 0 Å². The van der Waals surface area contributed by atoms with E-state index in [4.69, 9.17) is 5.11 Å². The van der Waals surface area contributed by atoms with Gasteiger partial charge in [0.1, 0.15) is 6.04 Å². The summed E-state index contributed by atoms with van der Waals surface area (Å²) in [7, 11) is 0. The minimum atomic E-state index is -0.937. The first-order valence-corrected chi connectivity index (χ1v) is 7.86. The number of unbranched alkanes of at least 4 members (excludes halogenated alkanes) is 1. The third-order valence-corrected chi connectivity index (χ3v) is 4.15. The Labute approximate surface area is 121 Å². The number of urea groups is 1. The fourth-order valence-corrected chi connectivity index (χ4v) is 2.68. The van der Waals surface area contributed by atoms with Crippen LogP contribution in [0.5, 0.6) is 0 Å². The van der Waals surface area contributed by atoms with E-state index in [1.807, 2.05) is 6.92 Å². The van der Waals surface area contributed by atoms with Crippen LogP contribution in [0.15, 0.2) is 0 Å². The number of carboxylic acids is 1. The molecule has 1 fully saturated rings. The van der Waals surface area contributed by atoms with Crippen molar-refractivity contribution in [2.24, 2.45) is 5.92 Å². The zero-order valence-electron chi connectivity index (χ0n) is 12.7. The highest BCUT2D eigenvalue weighted by molar-refractivity contribution is 5.82. The Bertz CT molecular complexity index is 320. The van der Waals surface area contributed by atoms with Crippen molar-refractivity contribution in [2.75, 3.05) is 13.1 Å². The molecule has 1 heterocycles. The van der Waals surface area contributed by atoms with Gasteiger partial charge in [0.25, 0.3) is 0 Å². The number of aliphatic carboxylic acids is 1. The summed E-state index contributed by atoms with van der Waals surface area (Å²) in [5.41, 5.74) is 0. The van der Waals surface area contributed by atoms with E-state index >= 15 is 0 Å². The maximum absolute atomic E-state index is 12.2. The molecular weight excluding hydrogens is 256 g/mol. The zero-order chi connectivity index (χ0) is 15.0. The molecule has 0 spiro atoms. The topological polar surface area (TPSA) is 69.6 Å². The van der Waals surface area contributed by atoms with Crippen LogP contribution in [0, 0.1) is 5.92 Å². The maximum atomic E-state index is 12.2. The predicted molar refractivity (Wildman–Crippen MR) is 78.7 cm³/mol. The smallest absolute Gasteiger partial charge is 0.326 e. The van der Waals surface area contributed by atoms with E-state index in [9.17, 15) is 9.59 Å². The van der Waals surface area contributed by atoms with Crippen LogP contribution < -0.4 is 5.32 Å². The Balaban J connectivity index is 2.48. The molecule has 5 heteroatoms. The number of carbonyl (C=O) groups is 2. The summed E-state index contributed by atoms with van der Waals surface area (Å²) in [6.07, 6.45) is 6.61. The summed E-state index contributed by atoms with van der Waals surface area (Å²) in [6, 6.07) is -0.974. The lowest BCUT2D eigenvalue weighted by molar-refractivity contribution is -0.139. The van der Waals surface area contributed by atoms with Crippen molar-refractivity contribution >= 4 is 12.0 Å². The summed E-state index contributed by atoms with van der Waals surface area (Å²) < 4.78 is 0. The van der Waals surface area contributed by atoms with Crippen molar-refractivity contribution in [3.05, 3.63) is 0 Å². The number of hydrogen-bond acceptors (Lipinski definition) is 2. The first kappa shape index (κ1) is 16.8. The Morgan fingerprint density at radius 3 is 2.65 bits per heavy atom. The molecule has 0 aromatic rings. The number of hydrogen-bond donors (Lipinski definition) is 2. The number of carboxylic acid groups (broad SMARTS) is 1. The van der Waals surface area contributed by atoms with Gasteiger partial charge in [-0.2, -0.15) is 0 Å². The van der Waals surface area contributed by atoms with Gasteiger partial charge in [-0.3, -0.25) is 0 Å². The number of nitrogens with zero attached hydrogens (tertiary/aromatic N) is 1. The number of rotatable bonds is 6. The zero-order valence-corrected chi connectivity index (χ0v) is 12.7. The lowest BCUT2D eigenvalue weighted by Gasteiger charge is -2.23. The molecule has 0 aliphatic carbocycles. The largest absolute Gasteiger partial charge is 0.480 e. The lowest BCUT2D eigenvalue weighted by Crippen LogP contribution is -2.48. The SMILES string of the molecule is CCCC[C@H](NC(=O)N1CCCC(CC)CC1)C(=O)O. The second-order valence-corrected chi connectivity index (χ2v) is 5.67. The summed E-state index contributed by atoms with van der Waals surface area (Å²) in [4.78, 5) is 25.1. The van der Waals surface area contributed by atoms with Crippen LogP contribution in [0.4, 0.5) is 4.79 Å². The first-order valence-electron chi connectivity index (χ1n) is 7.86. The monoisotopic (exact) mass is 284 g/mol. The molecule has 1 saturated heterocycles. The molecule has 0 saturated carbocycles. The summed E-state index contributed by atoms with van der Waals surface area (Å²) >= 11 is 0. The third-order valence-electron chi connectivity index (χ3n) is 4.15. The molecule has 5 nitrogen and oxygen atoms in total. The van der Waals surface area contributed by atoms with Gasteiger partial charge in [0.2, 0.25) is 0 Å². The molecule has 116 valence electrons. The van der Waals surface area contributed by atoms with Crippen LogP contribution in [0.2, 0.25) is 0 Å². The first-order chi connectivity index (χ1) is 9.58. The van der Waals surface area contributed by atoms with Crippen molar-refractivity contribution in [1.82, 2.24) is 10.2 Å². The molecule has 1 unspecified atom stereocenters. The minimum Gasteiger partial charge on any atom is -0.480 e. The molecule has 1 aliphatic heterocycles. The van der Waals surface area contributed by atoms with Gasteiger partial charge < -0.3 is 15.3 Å². The molecule has 0 aromatic carbocycles. The summed E-state index contributed by atoms with van der Waals surface area (Å²) in [6.45, 7) is 5.68. The fourth-order valence-electron chi connectivity index (χ4n) is 2.68. The normalized spacial score (nSPS) is 21.1. The van der Waals surface area contributed by atoms with E-state index in [1.165, 1.54) is 6.42 Å². The number of amides is 2. The Kier molecular flexibility index (Phi) is 7.41. The van der Waals surface area contributed by atoms with Gasteiger partial charge in [0.05, 0.1) is 0 Å². The van der Waals surface area contributed by atoms with Gasteiger partial charge in [-0.1, -0.05) is 33.1 Å². The van der Waals surface area contributed by atoms with Gasteiger partial charge in [0, 0.05) is 13.1 Å². The van der Waals surface area contributed by atoms with Crippen LogP contribution >= 0.6 is 0 Å². The average molecular weight is 284 g/mol. The van der Waals surface area contributed by atoms with Crippen molar-refractivity contribution < 1.29 is 14.7 Å². The molecule has 2 amide bonds. The Morgan fingerprint density at radius 1 is 1.30 bits per heavy atom. The molecule has 20 heavy (non-hydrogen) atoms. The van der Waals surface area contributed by atoms with Crippen LogP contribution in [-0.2, 0) is 4.79 Å². The minimum absolute atomic E-state index is 0.217. The maximum Gasteiger partial charge on any atom is 0.326 e. The van der Waals surface area contributed by atoms with E-state index in [0.29, 0.717) is 12.3 Å². The van der Waals surface area contributed by atoms with Gasteiger partial charge in [-0.15, -0.1) is 0 Å². The highest BCUT2D eigenvalue weighted by atomic mass is 16.4. The van der Waals surface area contributed by atoms with Crippen LogP contribution in [-0.4, -0.2) is 41.1 Å². The standard InChI is InChI=1S/C15H28N2O3/c1-3-5-8-13(14(18)19)16-15(20)17-10-6-7-12(4-2)9-11-17/h12-13H,3-11H2,1-2H3,(H,16,20)(H,18,19)/t12?,13-/m0/s1. The Morgan fingerprint density at radius 2 is 2.05 bits per heavy atom. The van der Waals surface area contributed by atoms with Gasteiger partial charge in [-0.25, -0.2) is 9.59 Å². The van der Waals surface area contributed by atoms with Crippen LogP contribution in [0.1, 0.15) is 58.8 Å². The Hall–Kier alpha value is -1.26. The number of carbonyl (C=O) groups excluding carboxylic acids is 1. The van der Waals surface area contributed by atoms with Gasteiger partial charge in [-0.05, 0) is 31.6 Å². The summed E-state index contributed by atoms with van der Waals surface area (Å²) in [5, 5.41) is 11.8. The molecule has 2 N–H and O–H groups in total. The predicted octanol–water partition coefficient (Wildman–Crippen LogP) is 2.85. The number of likely N-dealkylation sites (tertiary alicyclic amines) is 1. The molecular formula is C15H28N2O3. The van der Waals surface area contributed by atoms with E-state index in [2.05, 4.69) is 12.2 Å². The third kappa shape index (κ3) is 5.39. The fraction of sp³-hybridized carbons (Fsp3) is 0.867. The van der Waals surface area contributed by atoms with E-state index in [0.717, 1.165) is 45.2 Å². The van der Waals surface area contributed by atoms with E-state index in [1.54, 1.807) is 4.90 Å². The molecule has 0 aromatic heterocycles. The molecule has 2 atom stereocenters. The van der Waals surface area contributed by atoms with E-state index in [-0.39, 0.29) is 6.03 Å². The van der Waals surface area contributed by atoms with Crippen LogP contribution in [0.3, 0.4) is 0 Å². The van der Waals surface area contributed by atoms with Crippen molar-refractivity contribution in [3.8, 4) is 0 Å².